The van der Waals surface area contributed by atoms with Gasteiger partial charge in [0, 0.05) is 19.6 Å². The lowest BCUT2D eigenvalue weighted by Gasteiger charge is -2.30. The van der Waals surface area contributed by atoms with Gasteiger partial charge in [-0.15, -0.1) is 0 Å². The average Bonchev–Trinajstić information content (AvgIpc) is 2.27. The molecule has 0 aromatic carbocycles. The van der Waals surface area contributed by atoms with Crippen LogP contribution in [0, 0.1) is 11.8 Å². The smallest absolute Gasteiger partial charge is 0.220 e. The predicted octanol–water partition coefficient (Wildman–Crippen LogP) is 1.22. The van der Waals surface area contributed by atoms with Crippen LogP contribution < -0.4 is 5.32 Å². The van der Waals surface area contributed by atoms with Crippen molar-refractivity contribution < 1.29 is 9.90 Å². The first-order valence-corrected chi connectivity index (χ1v) is 6.39. The fourth-order valence-corrected chi connectivity index (χ4v) is 2.43. The zero-order valence-electron chi connectivity index (χ0n) is 9.11. The summed E-state index contributed by atoms with van der Waals surface area (Å²) in [6.07, 6.45) is 5.16. The van der Waals surface area contributed by atoms with Crippen LogP contribution in [0.4, 0.5) is 0 Å². The molecule has 1 aliphatic rings. The zero-order chi connectivity index (χ0) is 11.1. The van der Waals surface area contributed by atoms with E-state index in [2.05, 4.69) is 17.9 Å². The minimum absolute atomic E-state index is 0.0762. The highest BCUT2D eigenvalue weighted by Gasteiger charge is 2.24. The van der Waals surface area contributed by atoms with Crippen molar-refractivity contribution in [2.45, 2.75) is 32.1 Å². The Bertz CT molecular complexity index is 199. The molecule has 0 bridgehead atoms. The number of rotatable bonds is 5. The first-order valence-electron chi connectivity index (χ1n) is 5.76. The summed E-state index contributed by atoms with van der Waals surface area (Å²) in [4.78, 5) is 11.3. The zero-order valence-corrected chi connectivity index (χ0v) is 10.0. The molecule has 0 aromatic rings. The van der Waals surface area contributed by atoms with Gasteiger partial charge in [0.25, 0.3) is 0 Å². The number of hydrogen-bond donors (Lipinski definition) is 3. The Labute approximate surface area is 97.0 Å². The summed E-state index contributed by atoms with van der Waals surface area (Å²) in [5, 5.41) is 12.1. The van der Waals surface area contributed by atoms with Crippen LogP contribution in [0.15, 0.2) is 0 Å². The number of thiol groups is 1. The quantitative estimate of drug-likeness (QED) is 0.623. The van der Waals surface area contributed by atoms with Crippen molar-refractivity contribution in [3.63, 3.8) is 0 Å². The molecule has 0 aromatic heterocycles. The van der Waals surface area contributed by atoms with Gasteiger partial charge < -0.3 is 10.4 Å². The molecule has 0 spiro atoms. The summed E-state index contributed by atoms with van der Waals surface area (Å²) in [7, 11) is 0. The Kier molecular flexibility index (Phi) is 6.10. The highest BCUT2D eigenvalue weighted by molar-refractivity contribution is 7.80. The highest BCUT2D eigenvalue weighted by atomic mass is 32.1. The van der Waals surface area contributed by atoms with Gasteiger partial charge in [-0.3, -0.25) is 4.79 Å². The van der Waals surface area contributed by atoms with Gasteiger partial charge in [-0.25, -0.2) is 0 Å². The van der Waals surface area contributed by atoms with Crippen LogP contribution in [0.25, 0.3) is 0 Å². The van der Waals surface area contributed by atoms with E-state index in [1.807, 2.05) is 0 Å². The molecule has 2 unspecified atom stereocenters. The number of nitrogens with one attached hydrogen (secondary N) is 1. The molecular formula is C11H21NO2S. The van der Waals surface area contributed by atoms with Crippen molar-refractivity contribution in [3.05, 3.63) is 0 Å². The summed E-state index contributed by atoms with van der Waals surface area (Å²) < 4.78 is 0. The first-order chi connectivity index (χ1) is 7.27. The number of carbonyl (C=O) groups excluding carboxylic acids is 1. The third-order valence-corrected chi connectivity index (χ3v) is 3.42. The van der Waals surface area contributed by atoms with Gasteiger partial charge in [0.15, 0.2) is 0 Å². The Morgan fingerprint density at radius 3 is 2.60 bits per heavy atom. The Morgan fingerprint density at radius 2 is 2.00 bits per heavy atom. The normalized spacial score (nSPS) is 26.3. The van der Waals surface area contributed by atoms with Crippen LogP contribution >= 0.6 is 12.6 Å². The average molecular weight is 231 g/mol. The third-order valence-electron chi connectivity index (χ3n) is 3.20. The summed E-state index contributed by atoms with van der Waals surface area (Å²) in [6.45, 7) is 0.977. The molecule has 88 valence electrons. The van der Waals surface area contributed by atoms with Crippen LogP contribution in [0.2, 0.25) is 0 Å². The summed E-state index contributed by atoms with van der Waals surface area (Å²) in [5.41, 5.74) is 0. The van der Waals surface area contributed by atoms with Gasteiger partial charge in [-0.2, -0.15) is 12.6 Å². The highest BCUT2D eigenvalue weighted by Crippen LogP contribution is 2.28. The fourth-order valence-electron chi connectivity index (χ4n) is 2.23. The first kappa shape index (κ1) is 12.8. The Morgan fingerprint density at radius 1 is 1.33 bits per heavy atom. The maximum atomic E-state index is 11.3. The standard InChI is InChI=1S/C11H21NO2S/c13-8-10-4-2-1-3-9(10)7-12-11(14)5-6-15/h9-10,13,15H,1-8H2,(H,12,14). The number of hydrogen-bond acceptors (Lipinski definition) is 3. The molecule has 1 rings (SSSR count). The molecule has 1 fully saturated rings. The van der Waals surface area contributed by atoms with Gasteiger partial charge in [0.2, 0.25) is 5.91 Å². The van der Waals surface area contributed by atoms with E-state index in [0.29, 0.717) is 24.0 Å². The maximum absolute atomic E-state index is 11.3. The van der Waals surface area contributed by atoms with Crippen molar-refractivity contribution in [1.29, 1.82) is 0 Å². The minimum Gasteiger partial charge on any atom is -0.396 e. The van der Waals surface area contributed by atoms with E-state index in [4.69, 9.17) is 0 Å². The molecule has 0 radical (unpaired) electrons. The number of aliphatic hydroxyl groups excluding tert-OH is 1. The van der Waals surface area contributed by atoms with Crippen molar-refractivity contribution in [3.8, 4) is 0 Å². The molecule has 4 heteroatoms. The monoisotopic (exact) mass is 231 g/mol. The molecule has 1 saturated carbocycles. The van der Waals surface area contributed by atoms with E-state index in [9.17, 15) is 9.90 Å². The second kappa shape index (κ2) is 7.12. The molecule has 2 N–H and O–H groups in total. The van der Waals surface area contributed by atoms with Crippen LogP contribution in [0.3, 0.4) is 0 Å². The molecule has 1 aliphatic carbocycles. The van der Waals surface area contributed by atoms with E-state index in [1.165, 1.54) is 12.8 Å². The molecule has 0 saturated heterocycles. The molecular weight excluding hydrogens is 210 g/mol. The van der Waals surface area contributed by atoms with Crippen LogP contribution in [-0.4, -0.2) is 29.9 Å². The summed E-state index contributed by atoms with van der Waals surface area (Å²) in [5.74, 6) is 1.52. The Hall–Kier alpha value is -0.220. The second-order valence-electron chi connectivity index (χ2n) is 4.26. The SMILES string of the molecule is O=C(CCS)NCC1CCCCC1CO. The topological polar surface area (TPSA) is 49.3 Å². The van der Waals surface area contributed by atoms with E-state index in [0.717, 1.165) is 19.4 Å². The molecule has 0 heterocycles. The van der Waals surface area contributed by atoms with Crippen LogP contribution in [0.1, 0.15) is 32.1 Å². The van der Waals surface area contributed by atoms with Gasteiger partial charge in [0.05, 0.1) is 0 Å². The summed E-state index contributed by atoms with van der Waals surface area (Å²) >= 11 is 4.02. The predicted molar refractivity (Wildman–Crippen MR) is 64.0 cm³/mol. The number of aliphatic hydroxyl groups is 1. The van der Waals surface area contributed by atoms with E-state index >= 15 is 0 Å². The van der Waals surface area contributed by atoms with Crippen molar-refractivity contribution >= 4 is 18.5 Å². The molecule has 3 nitrogen and oxygen atoms in total. The fraction of sp³-hybridized carbons (Fsp3) is 0.909. The van der Waals surface area contributed by atoms with E-state index < -0.39 is 0 Å². The number of amides is 1. The van der Waals surface area contributed by atoms with E-state index in [1.54, 1.807) is 0 Å². The third kappa shape index (κ3) is 4.43. The minimum atomic E-state index is 0.0762. The van der Waals surface area contributed by atoms with Gasteiger partial charge in [-0.05, 0) is 30.4 Å². The van der Waals surface area contributed by atoms with E-state index in [-0.39, 0.29) is 12.5 Å². The lowest BCUT2D eigenvalue weighted by molar-refractivity contribution is -0.121. The van der Waals surface area contributed by atoms with Gasteiger partial charge in [0.1, 0.15) is 0 Å². The summed E-state index contributed by atoms with van der Waals surface area (Å²) in [6, 6.07) is 0. The molecule has 15 heavy (non-hydrogen) atoms. The van der Waals surface area contributed by atoms with Crippen molar-refractivity contribution in [2.75, 3.05) is 18.9 Å². The molecule has 2 atom stereocenters. The second-order valence-corrected chi connectivity index (χ2v) is 4.71. The van der Waals surface area contributed by atoms with Gasteiger partial charge in [-0.1, -0.05) is 12.8 Å². The van der Waals surface area contributed by atoms with Crippen LogP contribution in [0.5, 0.6) is 0 Å². The Balaban J connectivity index is 2.26. The lowest BCUT2D eigenvalue weighted by atomic mass is 9.79. The van der Waals surface area contributed by atoms with Crippen molar-refractivity contribution in [2.24, 2.45) is 11.8 Å². The van der Waals surface area contributed by atoms with Crippen LogP contribution in [-0.2, 0) is 4.79 Å². The van der Waals surface area contributed by atoms with Gasteiger partial charge >= 0.3 is 0 Å². The maximum Gasteiger partial charge on any atom is 0.220 e. The molecule has 0 aliphatic heterocycles. The lowest BCUT2D eigenvalue weighted by Crippen LogP contribution is -2.35. The number of carbonyl (C=O) groups is 1. The largest absolute Gasteiger partial charge is 0.396 e. The van der Waals surface area contributed by atoms with Crippen molar-refractivity contribution in [1.82, 2.24) is 5.32 Å². The molecule has 1 amide bonds.